The third kappa shape index (κ3) is 5.18. The lowest BCUT2D eigenvalue weighted by Crippen LogP contribution is -2.00. The van der Waals surface area contributed by atoms with Crippen LogP contribution >= 0.6 is 11.3 Å². The number of ether oxygens (including phenoxy) is 3. The van der Waals surface area contributed by atoms with Crippen molar-refractivity contribution in [3.05, 3.63) is 71.2 Å². The standard InChI is InChI=1S/C21H19NO4S/c1-24-18-8-3-15(4-9-18)5-12-20(23)26-13-17-14-27-21(22-17)16-6-10-19(25-2)11-7-16/h3-12,14H,13H2,1-2H3/b12-5+. The molecule has 0 bridgehead atoms. The van der Waals surface area contributed by atoms with Gasteiger partial charge in [0.2, 0.25) is 0 Å². The molecule has 1 aromatic heterocycles. The Balaban J connectivity index is 1.54. The SMILES string of the molecule is COc1ccc(/C=C/C(=O)OCc2csc(-c3ccc(OC)cc3)n2)cc1. The maximum atomic E-state index is 11.9. The monoisotopic (exact) mass is 381 g/mol. The molecule has 5 nitrogen and oxygen atoms in total. The van der Waals surface area contributed by atoms with Gasteiger partial charge in [0, 0.05) is 17.0 Å². The summed E-state index contributed by atoms with van der Waals surface area (Å²) in [7, 11) is 3.24. The number of rotatable bonds is 7. The van der Waals surface area contributed by atoms with E-state index in [-0.39, 0.29) is 6.61 Å². The summed E-state index contributed by atoms with van der Waals surface area (Å²) in [6.45, 7) is 0.137. The highest BCUT2D eigenvalue weighted by Crippen LogP contribution is 2.26. The average molecular weight is 381 g/mol. The number of esters is 1. The van der Waals surface area contributed by atoms with Gasteiger partial charge in [0.15, 0.2) is 0 Å². The molecule has 3 rings (SSSR count). The molecule has 0 aliphatic rings. The molecule has 0 amide bonds. The van der Waals surface area contributed by atoms with Crippen molar-refractivity contribution >= 4 is 23.4 Å². The topological polar surface area (TPSA) is 57.7 Å². The number of carbonyl (C=O) groups excluding carboxylic acids is 1. The number of hydrogen-bond donors (Lipinski definition) is 0. The molecule has 27 heavy (non-hydrogen) atoms. The molecule has 0 spiro atoms. The van der Waals surface area contributed by atoms with Gasteiger partial charge in [-0.2, -0.15) is 0 Å². The minimum absolute atomic E-state index is 0.137. The fourth-order valence-electron chi connectivity index (χ4n) is 2.31. The first-order valence-electron chi connectivity index (χ1n) is 8.25. The van der Waals surface area contributed by atoms with E-state index in [1.54, 1.807) is 20.3 Å². The summed E-state index contributed by atoms with van der Waals surface area (Å²) in [5.41, 5.74) is 2.61. The molecule has 2 aromatic carbocycles. The summed E-state index contributed by atoms with van der Waals surface area (Å²) in [5.74, 6) is 1.16. The summed E-state index contributed by atoms with van der Waals surface area (Å²) < 4.78 is 15.5. The van der Waals surface area contributed by atoms with Gasteiger partial charge in [-0.05, 0) is 48.0 Å². The Morgan fingerprint density at radius 1 is 1.00 bits per heavy atom. The zero-order valence-electron chi connectivity index (χ0n) is 15.0. The molecule has 0 aliphatic heterocycles. The lowest BCUT2D eigenvalue weighted by Gasteiger charge is -2.01. The molecular weight excluding hydrogens is 362 g/mol. The van der Waals surface area contributed by atoms with E-state index in [1.807, 2.05) is 53.9 Å². The maximum absolute atomic E-state index is 11.9. The van der Waals surface area contributed by atoms with Crippen LogP contribution in [-0.4, -0.2) is 25.2 Å². The second-order valence-corrected chi connectivity index (χ2v) is 6.44. The number of hydrogen-bond acceptors (Lipinski definition) is 6. The fourth-order valence-corrected chi connectivity index (χ4v) is 3.12. The second-order valence-electron chi connectivity index (χ2n) is 5.59. The van der Waals surface area contributed by atoms with Gasteiger partial charge in [-0.25, -0.2) is 9.78 Å². The van der Waals surface area contributed by atoms with Crippen molar-refractivity contribution in [1.82, 2.24) is 4.98 Å². The Labute approximate surface area is 161 Å². The van der Waals surface area contributed by atoms with E-state index in [2.05, 4.69) is 4.98 Å². The smallest absolute Gasteiger partial charge is 0.331 e. The Kier molecular flexibility index (Phi) is 6.22. The molecular formula is C21H19NO4S. The number of methoxy groups -OCH3 is 2. The number of aromatic nitrogens is 1. The van der Waals surface area contributed by atoms with Gasteiger partial charge in [-0.1, -0.05) is 12.1 Å². The maximum Gasteiger partial charge on any atom is 0.331 e. The normalized spacial score (nSPS) is 10.7. The summed E-state index contributed by atoms with van der Waals surface area (Å²) in [6.07, 6.45) is 3.10. The van der Waals surface area contributed by atoms with Gasteiger partial charge >= 0.3 is 5.97 Å². The molecule has 0 fully saturated rings. The molecule has 0 atom stereocenters. The minimum atomic E-state index is -0.412. The Morgan fingerprint density at radius 3 is 2.26 bits per heavy atom. The third-order valence-corrected chi connectivity index (χ3v) is 4.72. The second kappa shape index (κ2) is 9.00. The average Bonchev–Trinajstić information content (AvgIpc) is 3.20. The van der Waals surface area contributed by atoms with Gasteiger partial charge < -0.3 is 14.2 Å². The highest BCUT2D eigenvalue weighted by molar-refractivity contribution is 7.13. The zero-order chi connectivity index (χ0) is 19.1. The van der Waals surface area contributed by atoms with Crippen LogP contribution in [-0.2, 0) is 16.1 Å². The van der Waals surface area contributed by atoms with Crippen LogP contribution in [0.15, 0.2) is 60.0 Å². The molecule has 0 unspecified atom stereocenters. The van der Waals surface area contributed by atoms with Crippen LogP contribution < -0.4 is 9.47 Å². The molecule has 6 heteroatoms. The quantitative estimate of drug-likeness (QED) is 0.443. The molecule has 0 saturated heterocycles. The molecule has 0 saturated carbocycles. The lowest BCUT2D eigenvalue weighted by atomic mass is 10.2. The highest BCUT2D eigenvalue weighted by atomic mass is 32.1. The molecule has 0 aliphatic carbocycles. The fraction of sp³-hybridized carbons (Fsp3) is 0.143. The van der Waals surface area contributed by atoms with E-state index >= 15 is 0 Å². The zero-order valence-corrected chi connectivity index (χ0v) is 15.9. The van der Waals surface area contributed by atoms with Crippen molar-refractivity contribution < 1.29 is 19.0 Å². The molecule has 138 valence electrons. The van der Waals surface area contributed by atoms with Crippen molar-refractivity contribution in [1.29, 1.82) is 0 Å². The van der Waals surface area contributed by atoms with Crippen LogP contribution in [0.25, 0.3) is 16.6 Å². The Bertz CT molecular complexity index is 914. The summed E-state index contributed by atoms with van der Waals surface area (Å²) >= 11 is 1.51. The Morgan fingerprint density at radius 2 is 1.63 bits per heavy atom. The number of benzene rings is 2. The van der Waals surface area contributed by atoms with E-state index in [9.17, 15) is 4.79 Å². The van der Waals surface area contributed by atoms with Gasteiger partial charge in [0.25, 0.3) is 0 Å². The van der Waals surface area contributed by atoms with E-state index in [4.69, 9.17) is 14.2 Å². The van der Waals surface area contributed by atoms with Crippen LogP contribution in [0.2, 0.25) is 0 Å². The number of carbonyl (C=O) groups is 1. The Hall–Kier alpha value is -3.12. The van der Waals surface area contributed by atoms with Crippen molar-refractivity contribution in [3.8, 4) is 22.1 Å². The van der Waals surface area contributed by atoms with Gasteiger partial charge in [0.1, 0.15) is 23.1 Å². The number of thiazole rings is 1. The lowest BCUT2D eigenvalue weighted by molar-refractivity contribution is -0.139. The first kappa shape index (κ1) is 18.7. The van der Waals surface area contributed by atoms with Gasteiger partial charge in [-0.15, -0.1) is 11.3 Å². The van der Waals surface area contributed by atoms with Crippen LogP contribution in [0, 0.1) is 0 Å². The van der Waals surface area contributed by atoms with E-state index < -0.39 is 5.97 Å². The van der Waals surface area contributed by atoms with Crippen molar-refractivity contribution in [3.63, 3.8) is 0 Å². The van der Waals surface area contributed by atoms with Crippen LogP contribution in [0.4, 0.5) is 0 Å². The summed E-state index contributed by atoms with van der Waals surface area (Å²) in [6, 6.07) is 15.1. The third-order valence-electron chi connectivity index (χ3n) is 3.78. The predicted octanol–water partition coefficient (Wildman–Crippen LogP) is 4.58. The molecule has 1 heterocycles. The largest absolute Gasteiger partial charge is 0.497 e. The predicted molar refractivity (Wildman–Crippen MR) is 106 cm³/mol. The van der Waals surface area contributed by atoms with Crippen molar-refractivity contribution in [2.45, 2.75) is 6.61 Å². The minimum Gasteiger partial charge on any atom is -0.497 e. The molecule has 3 aromatic rings. The summed E-state index contributed by atoms with van der Waals surface area (Å²) in [5, 5.41) is 2.76. The molecule has 0 N–H and O–H groups in total. The van der Waals surface area contributed by atoms with Gasteiger partial charge in [-0.3, -0.25) is 0 Å². The molecule has 0 radical (unpaired) electrons. The van der Waals surface area contributed by atoms with Crippen molar-refractivity contribution in [2.24, 2.45) is 0 Å². The first-order valence-corrected chi connectivity index (χ1v) is 9.13. The first-order chi connectivity index (χ1) is 13.2. The highest BCUT2D eigenvalue weighted by Gasteiger charge is 2.07. The van der Waals surface area contributed by atoms with E-state index in [0.29, 0.717) is 0 Å². The van der Waals surface area contributed by atoms with E-state index in [1.165, 1.54) is 17.4 Å². The van der Waals surface area contributed by atoms with E-state index in [0.717, 1.165) is 33.3 Å². The van der Waals surface area contributed by atoms with Crippen LogP contribution in [0.1, 0.15) is 11.3 Å². The van der Waals surface area contributed by atoms with Gasteiger partial charge in [0.05, 0.1) is 19.9 Å². The van der Waals surface area contributed by atoms with Crippen LogP contribution in [0.3, 0.4) is 0 Å². The van der Waals surface area contributed by atoms with Crippen LogP contribution in [0.5, 0.6) is 11.5 Å². The summed E-state index contributed by atoms with van der Waals surface area (Å²) in [4.78, 5) is 16.4. The number of nitrogens with zero attached hydrogens (tertiary/aromatic N) is 1. The van der Waals surface area contributed by atoms with Crippen molar-refractivity contribution in [2.75, 3.05) is 14.2 Å².